The van der Waals surface area contributed by atoms with Crippen LogP contribution in [0.4, 0.5) is 0 Å². The van der Waals surface area contributed by atoms with E-state index < -0.39 is 10.2 Å². The maximum atomic E-state index is 11.5. The lowest BCUT2D eigenvalue weighted by molar-refractivity contribution is 0.459. The van der Waals surface area contributed by atoms with Crippen molar-refractivity contribution in [3.05, 3.63) is 0 Å². The fraction of sp³-hybridized carbons (Fsp3) is 0.889. The van der Waals surface area contributed by atoms with Crippen LogP contribution in [0.25, 0.3) is 0 Å². The molecule has 6 heteroatoms. The number of hydrogen-bond acceptors (Lipinski definition) is 2. The first kappa shape index (κ1) is 12.9. The van der Waals surface area contributed by atoms with E-state index in [1.165, 1.54) is 0 Å². The summed E-state index contributed by atoms with van der Waals surface area (Å²) in [5.41, 5.74) is -0.342. The van der Waals surface area contributed by atoms with E-state index in [0.29, 0.717) is 17.3 Å². The zero-order chi connectivity index (χ0) is 11.7. The summed E-state index contributed by atoms with van der Waals surface area (Å²) in [6, 6.07) is 0.272. The first-order valence-electron chi connectivity index (χ1n) is 5.03. The fourth-order valence-corrected chi connectivity index (χ4v) is 4.31. The van der Waals surface area contributed by atoms with E-state index in [2.05, 4.69) is 10.6 Å². The van der Waals surface area contributed by atoms with Crippen LogP contribution in [0.5, 0.6) is 0 Å². The van der Waals surface area contributed by atoms with E-state index in [1.807, 2.05) is 20.8 Å². The Labute approximate surface area is 97.5 Å². The van der Waals surface area contributed by atoms with Crippen LogP contribution >= 0.6 is 12.2 Å². The number of thiocarbonyl (C=S) groups is 1. The monoisotopic (exact) mass is 251 g/mol. The molecule has 0 aliphatic carbocycles. The molecule has 0 spiro atoms. The molecule has 1 unspecified atom stereocenters. The molecule has 4 nitrogen and oxygen atoms in total. The second kappa shape index (κ2) is 4.35. The average Bonchev–Trinajstić information content (AvgIpc) is 2.22. The Morgan fingerprint density at radius 3 is 2.60 bits per heavy atom. The van der Waals surface area contributed by atoms with Crippen molar-refractivity contribution in [1.29, 1.82) is 0 Å². The van der Waals surface area contributed by atoms with Crippen LogP contribution in [0.15, 0.2) is 0 Å². The van der Waals surface area contributed by atoms with Crippen molar-refractivity contribution < 1.29 is 8.76 Å². The summed E-state index contributed by atoms with van der Waals surface area (Å²) in [4.78, 5) is 0. The largest absolute Gasteiger partial charge is 0.361 e. The molecule has 0 aromatic heterocycles. The smallest absolute Gasteiger partial charge is 0.216 e. The first-order valence-corrected chi connectivity index (χ1v) is 7.29. The van der Waals surface area contributed by atoms with Crippen LogP contribution in [0.1, 0.15) is 27.2 Å². The quantitative estimate of drug-likeness (QED) is 0.505. The van der Waals surface area contributed by atoms with Crippen molar-refractivity contribution in [3.8, 4) is 0 Å². The predicted molar refractivity (Wildman–Crippen MR) is 67.4 cm³/mol. The molecule has 0 aromatic carbocycles. The van der Waals surface area contributed by atoms with Gasteiger partial charge in [-0.3, -0.25) is 0 Å². The summed E-state index contributed by atoms with van der Waals surface area (Å²) >= 11 is 5.12. The van der Waals surface area contributed by atoms with Gasteiger partial charge in [0.25, 0.3) is 0 Å². The highest BCUT2D eigenvalue weighted by Crippen LogP contribution is 2.26. The number of hydrogen-bond donors (Lipinski definition) is 3. The summed E-state index contributed by atoms with van der Waals surface area (Å²) in [5.74, 6) is 0.640. The Balaban J connectivity index is 2.52. The van der Waals surface area contributed by atoms with E-state index in [4.69, 9.17) is 12.2 Å². The van der Waals surface area contributed by atoms with Gasteiger partial charge in [0, 0.05) is 12.5 Å². The molecule has 88 valence electrons. The number of rotatable bonds is 2. The summed E-state index contributed by atoms with van der Waals surface area (Å²) in [6.45, 7) is 5.93. The normalized spacial score (nSPS) is 35.5. The Hall–Kier alpha value is -0.200. The van der Waals surface area contributed by atoms with Crippen molar-refractivity contribution in [2.75, 3.05) is 11.5 Å². The maximum Gasteiger partial charge on any atom is 0.216 e. The van der Waals surface area contributed by atoms with Crippen LogP contribution in [-0.4, -0.2) is 32.8 Å². The van der Waals surface area contributed by atoms with Crippen LogP contribution in [0.2, 0.25) is 0 Å². The zero-order valence-corrected chi connectivity index (χ0v) is 11.0. The van der Waals surface area contributed by atoms with Crippen molar-refractivity contribution in [2.45, 2.75) is 38.8 Å². The molecule has 0 aromatic rings. The van der Waals surface area contributed by atoms with Crippen molar-refractivity contribution in [1.82, 2.24) is 10.6 Å². The summed E-state index contributed by atoms with van der Waals surface area (Å²) < 4.78 is 20.9. The molecule has 2 atom stereocenters. The Morgan fingerprint density at radius 2 is 2.20 bits per heavy atom. The van der Waals surface area contributed by atoms with Gasteiger partial charge >= 0.3 is 0 Å². The van der Waals surface area contributed by atoms with Gasteiger partial charge in [0.2, 0.25) is 10.2 Å². The van der Waals surface area contributed by atoms with E-state index in [0.717, 1.165) is 0 Å². The third-order valence-corrected chi connectivity index (χ3v) is 4.50. The molecule has 1 heterocycles. The molecule has 0 saturated carbocycles. The van der Waals surface area contributed by atoms with Crippen LogP contribution in [0, 0.1) is 0 Å². The third kappa shape index (κ3) is 4.04. The van der Waals surface area contributed by atoms with E-state index >= 15 is 0 Å². The van der Waals surface area contributed by atoms with Crippen molar-refractivity contribution >= 4 is 27.5 Å². The molecule has 1 aliphatic rings. The lowest BCUT2D eigenvalue weighted by atomic mass is 10.0. The average molecular weight is 251 g/mol. The molecule has 0 bridgehead atoms. The standard InChI is InChI=1S/C9H18N2O2S2/c1-7(2)10-8(14)11-9(3)4-5-15(12,13)6-9/h7H,4-6H2,1-3H3,(H2-,10,11,12,13,14)/p+1/t9-/m1/s1. The van der Waals surface area contributed by atoms with E-state index in [-0.39, 0.29) is 17.3 Å². The molecule has 15 heavy (non-hydrogen) atoms. The first-order chi connectivity index (χ1) is 6.72. The minimum absolute atomic E-state index is 0.272. The minimum atomic E-state index is -2.63. The van der Waals surface area contributed by atoms with Crippen LogP contribution in [-0.2, 0) is 14.4 Å². The van der Waals surface area contributed by atoms with Gasteiger partial charge in [-0.15, -0.1) is 0 Å². The lowest BCUT2D eigenvalue weighted by Crippen LogP contribution is -2.52. The van der Waals surface area contributed by atoms with Gasteiger partial charge in [0.05, 0.1) is 5.54 Å². The predicted octanol–water partition coefficient (Wildman–Crippen LogP) is 0.994. The molecule has 1 rings (SSSR count). The molecule has 0 amide bonds. The van der Waals surface area contributed by atoms with Gasteiger partial charge in [0.1, 0.15) is 5.75 Å². The van der Waals surface area contributed by atoms with Crippen molar-refractivity contribution in [3.63, 3.8) is 0 Å². The maximum absolute atomic E-state index is 11.5. The second-order valence-corrected chi connectivity index (χ2v) is 7.34. The molecular weight excluding hydrogens is 232 g/mol. The topological polar surface area (TPSA) is 61.4 Å². The molecular formula is C9H19N2O2S2+. The van der Waals surface area contributed by atoms with E-state index in [9.17, 15) is 8.76 Å². The summed E-state index contributed by atoms with van der Waals surface area (Å²) in [6.07, 6.45) is 0.683. The fourth-order valence-electron chi connectivity index (χ4n) is 1.70. The molecule has 0 radical (unpaired) electrons. The Kier molecular flexibility index (Phi) is 3.73. The molecule has 1 aliphatic heterocycles. The highest BCUT2D eigenvalue weighted by atomic mass is 32.3. The van der Waals surface area contributed by atoms with Gasteiger partial charge < -0.3 is 10.6 Å². The van der Waals surface area contributed by atoms with Gasteiger partial charge in [0.15, 0.2) is 10.9 Å². The van der Waals surface area contributed by atoms with Gasteiger partial charge in [-0.1, -0.05) is 4.21 Å². The molecule has 1 fully saturated rings. The summed E-state index contributed by atoms with van der Waals surface area (Å²) in [7, 11) is -2.63. The SMILES string of the molecule is CC(C)NC(=S)N[C@]1(C)CC[S+](=O)(O)C1. The third-order valence-electron chi connectivity index (χ3n) is 2.35. The Bertz CT molecular complexity index is 306. The van der Waals surface area contributed by atoms with Gasteiger partial charge in [-0.25, -0.2) is 0 Å². The second-order valence-electron chi connectivity index (χ2n) is 4.68. The van der Waals surface area contributed by atoms with Gasteiger partial charge in [-0.05, 0) is 33.0 Å². The van der Waals surface area contributed by atoms with Crippen LogP contribution < -0.4 is 10.6 Å². The van der Waals surface area contributed by atoms with Crippen molar-refractivity contribution in [2.24, 2.45) is 0 Å². The van der Waals surface area contributed by atoms with E-state index in [1.54, 1.807) is 0 Å². The summed E-state index contributed by atoms with van der Waals surface area (Å²) in [5, 5.41) is 6.75. The minimum Gasteiger partial charge on any atom is -0.361 e. The zero-order valence-electron chi connectivity index (χ0n) is 9.37. The lowest BCUT2D eigenvalue weighted by Gasteiger charge is -2.24. The highest BCUT2D eigenvalue weighted by Gasteiger charge is 2.47. The van der Waals surface area contributed by atoms with Gasteiger partial charge in [-0.2, -0.15) is 4.55 Å². The highest BCUT2D eigenvalue weighted by molar-refractivity contribution is 7.98. The molecule has 1 saturated heterocycles. The molecule has 3 N–H and O–H groups in total. The number of nitrogens with one attached hydrogen (secondary N) is 2. The Morgan fingerprint density at radius 1 is 1.60 bits per heavy atom. The van der Waals surface area contributed by atoms with Crippen LogP contribution in [0.3, 0.4) is 0 Å².